The van der Waals surface area contributed by atoms with Crippen molar-refractivity contribution in [3.63, 3.8) is 0 Å². The van der Waals surface area contributed by atoms with Crippen LogP contribution in [0.2, 0.25) is 0 Å². The number of halogens is 1. The first-order valence-corrected chi connectivity index (χ1v) is 4.90. The summed E-state index contributed by atoms with van der Waals surface area (Å²) in [5, 5.41) is 10.6. The Bertz CT molecular complexity index is 260. The molecule has 0 amide bonds. The summed E-state index contributed by atoms with van der Waals surface area (Å²) in [6, 6.07) is 6.37. The Labute approximate surface area is 83.9 Å². The van der Waals surface area contributed by atoms with Crippen molar-refractivity contribution in [2.45, 2.75) is 19.8 Å². The maximum absolute atomic E-state index is 12.5. The maximum Gasteiger partial charge on any atom is 0.123 e. The van der Waals surface area contributed by atoms with Crippen LogP contribution < -0.4 is 0 Å². The third-order valence-corrected chi connectivity index (χ3v) is 2.05. The largest absolute Gasteiger partial charge is 0.314 e. The van der Waals surface area contributed by atoms with Gasteiger partial charge in [-0.05, 0) is 30.5 Å². The van der Waals surface area contributed by atoms with E-state index in [0.29, 0.717) is 13.1 Å². The molecule has 0 saturated carbocycles. The van der Waals surface area contributed by atoms with Crippen LogP contribution in [0.3, 0.4) is 0 Å². The molecule has 0 aliphatic heterocycles. The van der Waals surface area contributed by atoms with Crippen LogP contribution in [0.15, 0.2) is 24.3 Å². The molecule has 14 heavy (non-hydrogen) atoms. The van der Waals surface area contributed by atoms with Crippen molar-refractivity contribution >= 4 is 0 Å². The molecule has 0 aromatic heterocycles. The fourth-order valence-corrected chi connectivity index (χ4v) is 1.28. The van der Waals surface area contributed by atoms with Gasteiger partial charge in [0.1, 0.15) is 5.82 Å². The third-order valence-electron chi connectivity index (χ3n) is 2.05. The third kappa shape index (κ3) is 3.85. The highest BCUT2D eigenvalue weighted by atomic mass is 19.1. The van der Waals surface area contributed by atoms with Crippen LogP contribution in [-0.2, 0) is 6.42 Å². The lowest BCUT2D eigenvalue weighted by Gasteiger charge is -2.12. The SMILES string of the molecule is CCCN(O)CCc1ccc(F)cc1. The molecule has 1 aromatic carbocycles. The van der Waals surface area contributed by atoms with Gasteiger partial charge in [-0.3, -0.25) is 0 Å². The highest BCUT2D eigenvalue weighted by molar-refractivity contribution is 5.16. The second-order valence-electron chi connectivity index (χ2n) is 3.33. The standard InChI is InChI=1S/C11H16FNO/c1-2-8-13(14)9-7-10-3-5-11(12)6-4-10/h3-6,14H,2,7-9H2,1H3. The van der Waals surface area contributed by atoms with Gasteiger partial charge >= 0.3 is 0 Å². The van der Waals surface area contributed by atoms with Gasteiger partial charge < -0.3 is 5.21 Å². The molecule has 1 aromatic rings. The van der Waals surface area contributed by atoms with E-state index in [4.69, 9.17) is 0 Å². The number of hydroxylamine groups is 2. The van der Waals surface area contributed by atoms with Gasteiger partial charge in [0.15, 0.2) is 0 Å². The van der Waals surface area contributed by atoms with E-state index in [0.717, 1.165) is 18.4 Å². The fourth-order valence-electron chi connectivity index (χ4n) is 1.28. The molecule has 0 saturated heterocycles. The molecule has 1 N–H and O–H groups in total. The minimum atomic E-state index is -0.219. The molecule has 0 unspecified atom stereocenters. The lowest BCUT2D eigenvalue weighted by molar-refractivity contribution is -0.0893. The van der Waals surface area contributed by atoms with Crippen molar-refractivity contribution in [3.8, 4) is 0 Å². The van der Waals surface area contributed by atoms with Crippen molar-refractivity contribution in [3.05, 3.63) is 35.6 Å². The summed E-state index contributed by atoms with van der Waals surface area (Å²) in [4.78, 5) is 0. The molecule has 0 aliphatic carbocycles. The van der Waals surface area contributed by atoms with E-state index in [9.17, 15) is 9.60 Å². The number of nitrogens with zero attached hydrogens (tertiary/aromatic N) is 1. The number of rotatable bonds is 5. The average Bonchev–Trinajstić information content (AvgIpc) is 2.17. The van der Waals surface area contributed by atoms with E-state index in [1.807, 2.05) is 6.92 Å². The first kappa shape index (κ1) is 11.1. The Morgan fingerprint density at radius 1 is 1.21 bits per heavy atom. The molecule has 78 valence electrons. The summed E-state index contributed by atoms with van der Waals surface area (Å²) in [7, 11) is 0. The molecule has 0 atom stereocenters. The fraction of sp³-hybridized carbons (Fsp3) is 0.455. The quantitative estimate of drug-likeness (QED) is 0.733. The van der Waals surface area contributed by atoms with Crippen molar-refractivity contribution in [1.82, 2.24) is 5.06 Å². The van der Waals surface area contributed by atoms with Gasteiger partial charge in [0.2, 0.25) is 0 Å². The molecule has 0 fully saturated rings. The molecular weight excluding hydrogens is 181 g/mol. The predicted molar refractivity (Wildman–Crippen MR) is 53.8 cm³/mol. The zero-order valence-electron chi connectivity index (χ0n) is 8.41. The summed E-state index contributed by atoms with van der Waals surface area (Å²) in [5.41, 5.74) is 1.04. The summed E-state index contributed by atoms with van der Waals surface area (Å²) < 4.78 is 12.5. The van der Waals surface area contributed by atoms with E-state index in [1.165, 1.54) is 17.2 Å². The van der Waals surface area contributed by atoms with Crippen molar-refractivity contribution in [2.75, 3.05) is 13.1 Å². The van der Waals surface area contributed by atoms with Gasteiger partial charge in [0.05, 0.1) is 0 Å². The van der Waals surface area contributed by atoms with Crippen molar-refractivity contribution in [2.24, 2.45) is 0 Å². The maximum atomic E-state index is 12.5. The molecule has 3 heteroatoms. The van der Waals surface area contributed by atoms with E-state index in [2.05, 4.69) is 0 Å². The highest BCUT2D eigenvalue weighted by Crippen LogP contribution is 2.04. The Balaban J connectivity index is 2.34. The first-order valence-electron chi connectivity index (χ1n) is 4.90. The van der Waals surface area contributed by atoms with Gasteiger partial charge in [-0.2, -0.15) is 5.06 Å². The Hall–Kier alpha value is -0.930. The van der Waals surface area contributed by atoms with E-state index in [1.54, 1.807) is 12.1 Å². The van der Waals surface area contributed by atoms with Crippen LogP contribution in [0.25, 0.3) is 0 Å². The molecule has 1 rings (SSSR count). The van der Waals surface area contributed by atoms with E-state index < -0.39 is 0 Å². The number of hydrogen-bond donors (Lipinski definition) is 1. The molecule has 0 aliphatic rings. The summed E-state index contributed by atoms with van der Waals surface area (Å²) in [6.07, 6.45) is 1.68. The molecular formula is C11H16FNO. The lowest BCUT2D eigenvalue weighted by Crippen LogP contribution is -2.22. The minimum Gasteiger partial charge on any atom is -0.314 e. The van der Waals surface area contributed by atoms with Gasteiger partial charge in [0, 0.05) is 13.1 Å². The zero-order valence-corrected chi connectivity index (χ0v) is 8.41. The molecule has 0 radical (unpaired) electrons. The average molecular weight is 197 g/mol. The normalized spacial score (nSPS) is 10.9. The molecule has 0 bridgehead atoms. The minimum absolute atomic E-state index is 0.219. The van der Waals surface area contributed by atoms with Crippen LogP contribution in [0.4, 0.5) is 4.39 Å². The molecule has 0 spiro atoms. The second-order valence-corrected chi connectivity index (χ2v) is 3.33. The Morgan fingerprint density at radius 2 is 1.86 bits per heavy atom. The van der Waals surface area contributed by atoms with Gasteiger partial charge in [0.25, 0.3) is 0 Å². The molecule has 0 heterocycles. The first-order chi connectivity index (χ1) is 6.72. The van der Waals surface area contributed by atoms with Crippen LogP contribution in [0.5, 0.6) is 0 Å². The van der Waals surface area contributed by atoms with Crippen LogP contribution in [0.1, 0.15) is 18.9 Å². The Kier molecular flexibility index (Phi) is 4.56. The van der Waals surface area contributed by atoms with Crippen LogP contribution in [0, 0.1) is 5.82 Å². The van der Waals surface area contributed by atoms with Crippen LogP contribution >= 0.6 is 0 Å². The van der Waals surface area contributed by atoms with Crippen LogP contribution in [-0.4, -0.2) is 23.4 Å². The van der Waals surface area contributed by atoms with Gasteiger partial charge in [-0.25, -0.2) is 4.39 Å². The summed E-state index contributed by atoms with van der Waals surface area (Å²) in [6.45, 7) is 3.29. The Morgan fingerprint density at radius 3 is 2.43 bits per heavy atom. The lowest BCUT2D eigenvalue weighted by atomic mass is 10.1. The monoisotopic (exact) mass is 197 g/mol. The van der Waals surface area contributed by atoms with Gasteiger partial charge in [-0.1, -0.05) is 19.1 Å². The predicted octanol–water partition coefficient (Wildman–Crippen LogP) is 2.47. The number of hydrogen-bond acceptors (Lipinski definition) is 2. The van der Waals surface area contributed by atoms with Crippen molar-refractivity contribution < 1.29 is 9.60 Å². The summed E-state index contributed by atoms with van der Waals surface area (Å²) in [5.74, 6) is -0.219. The van der Waals surface area contributed by atoms with E-state index in [-0.39, 0.29) is 5.82 Å². The zero-order chi connectivity index (χ0) is 10.4. The second kappa shape index (κ2) is 5.73. The summed E-state index contributed by atoms with van der Waals surface area (Å²) >= 11 is 0. The van der Waals surface area contributed by atoms with E-state index >= 15 is 0 Å². The molecule has 2 nitrogen and oxygen atoms in total. The van der Waals surface area contributed by atoms with Crippen molar-refractivity contribution in [1.29, 1.82) is 0 Å². The topological polar surface area (TPSA) is 23.5 Å². The smallest absolute Gasteiger partial charge is 0.123 e. The highest BCUT2D eigenvalue weighted by Gasteiger charge is 1.99. The van der Waals surface area contributed by atoms with Gasteiger partial charge in [-0.15, -0.1) is 0 Å². The number of benzene rings is 1.